The van der Waals surface area contributed by atoms with Gasteiger partial charge in [-0.2, -0.15) is 0 Å². The van der Waals surface area contributed by atoms with Crippen molar-refractivity contribution in [2.45, 2.75) is 0 Å². The first-order valence-corrected chi connectivity index (χ1v) is 3.89. The molecule has 5 heteroatoms. The fourth-order valence-electron chi connectivity index (χ4n) is 0.284. The average molecular weight is 212 g/mol. The van der Waals surface area contributed by atoms with Gasteiger partial charge in [-0.15, -0.1) is 0 Å². The summed E-state index contributed by atoms with van der Waals surface area (Å²) in [5.74, 6) is -0.198. The topological polar surface area (TPSA) is 47.6 Å². The van der Waals surface area contributed by atoms with Crippen LogP contribution in [0.1, 0.15) is 0 Å². The van der Waals surface area contributed by atoms with Gasteiger partial charge in [0.25, 0.3) is 5.91 Å². The normalized spacial score (nSPS) is 9.40. The number of hydroxylamine groups is 1. The number of hydrogen-bond donors (Lipinski definition) is 1. The number of carbonyl (C=O) groups excluding carboxylic acids is 1. The van der Waals surface area contributed by atoms with Gasteiger partial charge in [0.2, 0.25) is 0 Å². The monoisotopic (exact) mass is 211 g/mol. The molecule has 1 amide bonds. The van der Waals surface area contributed by atoms with Crippen molar-refractivity contribution in [3.63, 3.8) is 0 Å². The lowest BCUT2D eigenvalue weighted by Gasteiger charge is -2.01. The summed E-state index contributed by atoms with van der Waals surface area (Å²) in [6, 6.07) is 0. The van der Waals surface area contributed by atoms with Gasteiger partial charge in [-0.3, -0.25) is 9.63 Å². The van der Waals surface area contributed by atoms with E-state index in [1.807, 2.05) is 0 Å². The smallest absolute Gasteiger partial charge is 0.254 e. The molecule has 0 unspecified atom stereocenters. The van der Waals surface area contributed by atoms with Crippen molar-refractivity contribution in [3.8, 4) is 0 Å². The number of alkyl halides is 1. The predicted molar refractivity (Wildman–Crippen MR) is 39.8 cm³/mol. The average Bonchev–Trinajstić information content (AvgIpc) is 1.98. The van der Waals surface area contributed by atoms with Crippen molar-refractivity contribution in [1.82, 2.24) is 5.48 Å². The number of hydrogen-bond acceptors (Lipinski definition) is 3. The highest BCUT2D eigenvalue weighted by atomic mass is 79.9. The van der Waals surface area contributed by atoms with E-state index < -0.39 is 0 Å². The fraction of sp³-hybridized carbons (Fsp3) is 0.800. The van der Waals surface area contributed by atoms with Crippen LogP contribution < -0.4 is 5.48 Å². The van der Waals surface area contributed by atoms with E-state index in [4.69, 9.17) is 0 Å². The summed E-state index contributed by atoms with van der Waals surface area (Å²) in [4.78, 5) is 15.1. The molecule has 0 aliphatic carbocycles. The quantitative estimate of drug-likeness (QED) is 0.398. The molecule has 10 heavy (non-hydrogen) atoms. The van der Waals surface area contributed by atoms with Gasteiger partial charge in [0, 0.05) is 7.11 Å². The number of carbonyl (C=O) groups is 1. The molecule has 0 aliphatic rings. The summed E-state index contributed by atoms with van der Waals surface area (Å²) in [7, 11) is 1.57. The third kappa shape index (κ3) is 6.00. The Morgan fingerprint density at radius 1 is 1.60 bits per heavy atom. The summed E-state index contributed by atoms with van der Waals surface area (Å²) in [5.41, 5.74) is 2.20. The molecule has 60 valence electrons. The number of halogens is 1. The minimum atomic E-state index is -0.198. The van der Waals surface area contributed by atoms with Gasteiger partial charge < -0.3 is 4.74 Å². The Kier molecular flexibility index (Phi) is 6.89. The van der Waals surface area contributed by atoms with E-state index >= 15 is 0 Å². The second-order valence-corrected chi connectivity index (χ2v) is 2.06. The fourth-order valence-corrected chi connectivity index (χ4v) is 0.398. The van der Waals surface area contributed by atoms with Gasteiger partial charge in [-0.1, -0.05) is 15.9 Å². The van der Waals surface area contributed by atoms with Crippen LogP contribution in [0.3, 0.4) is 0 Å². The predicted octanol–water partition coefficient (Wildman–Crippen LogP) is 0.0755. The number of amides is 1. The Morgan fingerprint density at radius 2 is 2.30 bits per heavy atom. The Morgan fingerprint density at radius 3 is 2.80 bits per heavy atom. The minimum Gasteiger partial charge on any atom is -0.382 e. The maximum absolute atomic E-state index is 10.5. The van der Waals surface area contributed by atoms with Crippen molar-refractivity contribution < 1.29 is 14.4 Å². The molecule has 0 aromatic carbocycles. The summed E-state index contributed by atoms with van der Waals surface area (Å²) < 4.78 is 4.67. The third-order valence-electron chi connectivity index (χ3n) is 0.697. The van der Waals surface area contributed by atoms with E-state index in [1.165, 1.54) is 0 Å². The number of ether oxygens (including phenoxy) is 1. The zero-order valence-corrected chi connectivity index (χ0v) is 7.31. The van der Waals surface area contributed by atoms with Crippen LogP contribution in [0.25, 0.3) is 0 Å². The molecule has 0 atom stereocenters. The van der Waals surface area contributed by atoms with Crippen LogP contribution in [0.5, 0.6) is 0 Å². The van der Waals surface area contributed by atoms with E-state index in [0.29, 0.717) is 13.2 Å². The summed E-state index contributed by atoms with van der Waals surface area (Å²) in [6.07, 6.45) is 0. The van der Waals surface area contributed by atoms with Crippen molar-refractivity contribution in [2.75, 3.05) is 25.7 Å². The lowest BCUT2D eigenvalue weighted by Crippen LogP contribution is -2.26. The van der Waals surface area contributed by atoms with Crippen LogP contribution in [-0.4, -0.2) is 31.6 Å². The number of nitrogens with one attached hydrogen (secondary N) is 1. The van der Waals surface area contributed by atoms with Crippen LogP contribution in [0.4, 0.5) is 0 Å². The molecule has 0 aromatic heterocycles. The molecule has 0 bridgehead atoms. The van der Waals surface area contributed by atoms with Crippen molar-refractivity contribution >= 4 is 21.8 Å². The standard InChI is InChI=1S/C5H10BrNO3/c1-9-2-3-10-7-5(8)4-6/h2-4H2,1H3,(H,7,8). The highest BCUT2D eigenvalue weighted by molar-refractivity contribution is 9.09. The number of methoxy groups -OCH3 is 1. The van der Waals surface area contributed by atoms with Crippen LogP contribution in [0.15, 0.2) is 0 Å². The van der Waals surface area contributed by atoms with Gasteiger partial charge in [-0.05, 0) is 0 Å². The van der Waals surface area contributed by atoms with Crippen molar-refractivity contribution in [1.29, 1.82) is 0 Å². The molecular weight excluding hydrogens is 202 g/mol. The largest absolute Gasteiger partial charge is 0.382 e. The van der Waals surface area contributed by atoms with Crippen LogP contribution in [-0.2, 0) is 14.4 Å². The van der Waals surface area contributed by atoms with Gasteiger partial charge >= 0.3 is 0 Å². The Labute approximate surface area is 68.0 Å². The van der Waals surface area contributed by atoms with E-state index in [9.17, 15) is 4.79 Å². The van der Waals surface area contributed by atoms with Gasteiger partial charge in [0.05, 0.1) is 18.5 Å². The highest BCUT2D eigenvalue weighted by Crippen LogP contribution is 1.78. The zero-order valence-electron chi connectivity index (χ0n) is 5.72. The highest BCUT2D eigenvalue weighted by Gasteiger charge is 1.94. The molecule has 0 heterocycles. The third-order valence-corrected chi connectivity index (χ3v) is 1.21. The Bertz CT molecular complexity index is 98.9. The molecule has 0 saturated heterocycles. The van der Waals surface area contributed by atoms with Crippen LogP contribution >= 0.6 is 15.9 Å². The van der Waals surface area contributed by atoms with E-state index in [-0.39, 0.29) is 11.2 Å². The lowest BCUT2D eigenvalue weighted by molar-refractivity contribution is -0.131. The maximum Gasteiger partial charge on any atom is 0.254 e. The molecule has 0 radical (unpaired) electrons. The summed E-state index contributed by atoms with van der Waals surface area (Å²) in [5, 5.41) is 0.250. The minimum absolute atomic E-state index is 0.198. The summed E-state index contributed by atoms with van der Waals surface area (Å²) in [6.45, 7) is 0.845. The second kappa shape index (κ2) is 6.98. The molecule has 1 N–H and O–H groups in total. The van der Waals surface area contributed by atoms with E-state index in [2.05, 4.69) is 31.0 Å². The first-order chi connectivity index (χ1) is 4.81. The van der Waals surface area contributed by atoms with Crippen molar-refractivity contribution in [2.24, 2.45) is 0 Å². The van der Waals surface area contributed by atoms with E-state index in [0.717, 1.165) is 0 Å². The van der Waals surface area contributed by atoms with Crippen molar-refractivity contribution in [3.05, 3.63) is 0 Å². The second-order valence-electron chi connectivity index (χ2n) is 1.50. The molecule has 0 rings (SSSR count). The Hall–Kier alpha value is -0.130. The molecule has 0 spiro atoms. The van der Waals surface area contributed by atoms with E-state index in [1.54, 1.807) is 7.11 Å². The molecule has 0 saturated carbocycles. The molecular formula is C5H10BrNO3. The maximum atomic E-state index is 10.5. The summed E-state index contributed by atoms with van der Waals surface area (Å²) >= 11 is 2.96. The van der Waals surface area contributed by atoms with Gasteiger partial charge in [0.1, 0.15) is 0 Å². The molecule has 0 fully saturated rings. The zero-order chi connectivity index (χ0) is 7.82. The number of rotatable bonds is 5. The lowest BCUT2D eigenvalue weighted by atomic mass is 10.7. The van der Waals surface area contributed by atoms with Crippen LogP contribution in [0.2, 0.25) is 0 Å². The SMILES string of the molecule is COCCONC(=O)CBr. The molecule has 4 nitrogen and oxygen atoms in total. The van der Waals surface area contributed by atoms with Gasteiger partial charge in [0.15, 0.2) is 0 Å². The molecule has 0 aromatic rings. The van der Waals surface area contributed by atoms with Gasteiger partial charge in [-0.25, -0.2) is 5.48 Å². The molecule has 0 aliphatic heterocycles. The first-order valence-electron chi connectivity index (χ1n) is 2.76. The first kappa shape index (κ1) is 9.87. The Balaban J connectivity index is 2.96. The van der Waals surface area contributed by atoms with Crippen LogP contribution in [0, 0.1) is 0 Å².